The minimum atomic E-state index is -3.69. The van der Waals surface area contributed by atoms with Gasteiger partial charge in [-0.15, -0.1) is 0 Å². The number of aryl methyl sites for hydroxylation is 2. The van der Waals surface area contributed by atoms with E-state index in [1.807, 2.05) is 13.0 Å². The van der Waals surface area contributed by atoms with Gasteiger partial charge in [0.1, 0.15) is 5.75 Å². The summed E-state index contributed by atoms with van der Waals surface area (Å²) in [5, 5.41) is 0. The lowest BCUT2D eigenvalue weighted by Gasteiger charge is -2.26. The van der Waals surface area contributed by atoms with Gasteiger partial charge in [-0.05, 0) is 63.1 Å². The fraction of sp³-hybridized carbons (Fsp3) is 0.353. The van der Waals surface area contributed by atoms with E-state index in [-0.39, 0.29) is 4.90 Å². The van der Waals surface area contributed by atoms with Crippen LogP contribution in [0, 0.1) is 13.8 Å². The Balaban J connectivity index is 2.42. The molecule has 0 aliphatic carbocycles. The number of ether oxygens (including phenoxy) is 1. The Bertz CT molecular complexity index is 800. The van der Waals surface area contributed by atoms with E-state index in [9.17, 15) is 8.42 Å². The monoisotopic (exact) mass is 334 g/mol. The van der Waals surface area contributed by atoms with Crippen LogP contribution in [-0.4, -0.2) is 20.5 Å². The first-order chi connectivity index (χ1) is 10.7. The number of methoxy groups -OCH3 is 1. The Labute approximate surface area is 137 Å². The van der Waals surface area contributed by atoms with Crippen LogP contribution in [0.4, 0.5) is 0 Å². The number of pyridine rings is 1. The van der Waals surface area contributed by atoms with E-state index in [0.717, 1.165) is 5.56 Å². The zero-order valence-electron chi connectivity index (χ0n) is 14.0. The molecule has 2 rings (SSSR count). The van der Waals surface area contributed by atoms with E-state index in [2.05, 4.69) is 9.71 Å². The Kier molecular flexibility index (Phi) is 4.77. The van der Waals surface area contributed by atoms with Crippen molar-refractivity contribution in [2.75, 3.05) is 7.11 Å². The van der Waals surface area contributed by atoms with Crippen molar-refractivity contribution < 1.29 is 13.2 Å². The van der Waals surface area contributed by atoms with Gasteiger partial charge in [-0.1, -0.05) is 6.07 Å². The Morgan fingerprint density at radius 2 is 1.83 bits per heavy atom. The van der Waals surface area contributed by atoms with Crippen molar-refractivity contribution in [3.8, 4) is 5.75 Å². The van der Waals surface area contributed by atoms with Crippen LogP contribution in [0.5, 0.6) is 5.75 Å². The highest BCUT2D eigenvalue weighted by Gasteiger charge is 2.30. The van der Waals surface area contributed by atoms with Crippen LogP contribution in [0.25, 0.3) is 0 Å². The quantitative estimate of drug-likeness (QED) is 0.913. The second kappa shape index (κ2) is 6.29. The highest BCUT2D eigenvalue weighted by atomic mass is 32.2. The molecule has 0 aliphatic heterocycles. The molecule has 1 heterocycles. The van der Waals surface area contributed by atoms with Crippen LogP contribution in [-0.2, 0) is 15.6 Å². The number of aromatic nitrogens is 1. The van der Waals surface area contributed by atoms with Gasteiger partial charge in [-0.3, -0.25) is 4.98 Å². The van der Waals surface area contributed by atoms with E-state index in [1.165, 1.54) is 0 Å². The molecule has 0 aliphatic rings. The van der Waals surface area contributed by atoms with Crippen molar-refractivity contribution in [2.45, 2.75) is 38.1 Å². The Morgan fingerprint density at radius 1 is 1.13 bits per heavy atom. The van der Waals surface area contributed by atoms with Gasteiger partial charge in [0.2, 0.25) is 10.0 Å². The third-order valence-corrected chi connectivity index (χ3v) is 5.47. The summed E-state index contributed by atoms with van der Waals surface area (Å²) in [5.41, 5.74) is 1.25. The van der Waals surface area contributed by atoms with Crippen molar-refractivity contribution in [3.63, 3.8) is 0 Å². The summed E-state index contributed by atoms with van der Waals surface area (Å²) in [4.78, 5) is 4.50. The number of rotatable bonds is 5. The molecule has 1 aromatic carbocycles. The lowest BCUT2D eigenvalue weighted by Crippen LogP contribution is -2.41. The fourth-order valence-corrected chi connectivity index (χ4v) is 4.15. The van der Waals surface area contributed by atoms with Crippen molar-refractivity contribution in [3.05, 3.63) is 53.3 Å². The number of nitrogens with one attached hydrogen (secondary N) is 1. The minimum Gasteiger partial charge on any atom is -0.496 e. The van der Waals surface area contributed by atoms with E-state index >= 15 is 0 Å². The molecule has 1 N–H and O–H groups in total. The van der Waals surface area contributed by atoms with Crippen LogP contribution in [0.2, 0.25) is 0 Å². The van der Waals surface area contributed by atoms with Crippen LogP contribution in [0.1, 0.15) is 30.7 Å². The maximum Gasteiger partial charge on any atom is 0.241 e. The SMILES string of the molecule is COc1cc(C)c(S(=O)(=O)NC(C)(C)c2ccccn2)cc1C. The van der Waals surface area contributed by atoms with Crippen molar-refractivity contribution in [2.24, 2.45) is 0 Å². The summed E-state index contributed by atoms with van der Waals surface area (Å²) < 4.78 is 33.6. The van der Waals surface area contributed by atoms with Gasteiger partial charge in [0.25, 0.3) is 0 Å². The number of benzene rings is 1. The van der Waals surface area contributed by atoms with Gasteiger partial charge in [0.15, 0.2) is 0 Å². The second-order valence-electron chi connectivity index (χ2n) is 6.03. The van der Waals surface area contributed by atoms with Gasteiger partial charge in [-0.2, -0.15) is 4.72 Å². The highest BCUT2D eigenvalue weighted by Crippen LogP contribution is 2.28. The van der Waals surface area contributed by atoms with E-state index < -0.39 is 15.6 Å². The molecule has 0 amide bonds. The number of nitrogens with zero attached hydrogens (tertiary/aromatic N) is 1. The molecule has 6 heteroatoms. The van der Waals surface area contributed by atoms with Gasteiger partial charge >= 0.3 is 0 Å². The third-order valence-electron chi connectivity index (χ3n) is 3.68. The smallest absolute Gasteiger partial charge is 0.241 e. The molecule has 2 aromatic rings. The van der Waals surface area contributed by atoms with Crippen LogP contribution < -0.4 is 9.46 Å². The number of sulfonamides is 1. The first-order valence-corrected chi connectivity index (χ1v) is 8.76. The summed E-state index contributed by atoms with van der Waals surface area (Å²) in [6.45, 7) is 7.16. The topological polar surface area (TPSA) is 68.3 Å². The lowest BCUT2D eigenvalue weighted by atomic mass is 10.0. The number of hydrogen-bond donors (Lipinski definition) is 1. The normalized spacial score (nSPS) is 12.2. The molecule has 124 valence electrons. The average Bonchev–Trinajstić information content (AvgIpc) is 2.49. The first-order valence-electron chi connectivity index (χ1n) is 7.28. The lowest BCUT2D eigenvalue weighted by molar-refractivity contribution is 0.410. The Morgan fingerprint density at radius 3 is 2.39 bits per heavy atom. The minimum absolute atomic E-state index is 0.250. The summed E-state index contributed by atoms with van der Waals surface area (Å²) in [6, 6.07) is 8.80. The highest BCUT2D eigenvalue weighted by molar-refractivity contribution is 7.89. The largest absolute Gasteiger partial charge is 0.496 e. The maximum atomic E-state index is 12.8. The van der Waals surface area contributed by atoms with Crippen molar-refractivity contribution in [1.82, 2.24) is 9.71 Å². The van der Waals surface area contributed by atoms with Crippen LogP contribution >= 0.6 is 0 Å². The molecule has 0 radical (unpaired) electrons. The van der Waals surface area contributed by atoms with Crippen LogP contribution in [0.3, 0.4) is 0 Å². The van der Waals surface area contributed by atoms with Crippen molar-refractivity contribution >= 4 is 10.0 Å². The molecule has 0 fully saturated rings. The molecule has 0 spiro atoms. The molecule has 0 atom stereocenters. The molecule has 5 nitrogen and oxygen atoms in total. The summed E-state index contributed by atoms with van der Waals surface area (Å²) >= 11 is 0. The predicted molar refractivity (Wildman–Crippen MR) is 90.1 cm³/mol. The zero-order chi connectivity index (χ0) is 17.3. The maximum absolute atomic E-state index is 12.8. The summed E-state index contributed by atoms with van der Waals surface area (Å²) in [6.07, 6.45) is 1.65. The molecule has 0 bridgehead atoms. The molecule has 1 aromatic heterocycles. The van der Waals surface area contributed by atoms with Crippen LogP contribution in [0.15, 0.2) is 41.4 Å². The van der Waals surface area contributed by atoms with E-state index in [4.69, 9.17) is 4.74 Å². The first kappa shape index (κ1) is 17.4. The number of hydrogen-bond acceptors (Lipinski definition) is 4. The fourth-order valence-electron chi connectivity index (χ4n) is 2.45. The third kappa shape index (κ3) is 3.71. The molecule has 23 heavy (non-hydrogen) atoms. The Hall–Kier alpha value is -1.92. The zero-order valence-corrected chi connectivity index (χ0v) is 14.9. The predicted octanol–water partition coefficient (Wildman–Crippen LogP) is 2.92. The van der Waals surface area contributed by atoms with Crippen molar-refractivity contribution in [1.29, 1.82) is 0 Å². The van der Waals surface area contributed by atoms with Gasteiger partial charge in [0.05, 0.1) is 23.2 Å². The molecular weight excluding hydrogens is 312 g/mol. The molecular formula is C17H22N2O3S. The van der Waals surface area contributed by atoms with Gasteiger partial charge < -0.3 is 4.74 Å². The average molecular weight is 334 g/mol. The molecule has 0 saturated carbocycles. The molecule has 0 unspecified atom stereocenters. The summed E-state index contributed by atoms with van der Waals surface area (Å²) in [7, 11) is -2.12. The molecule has 0 saturated heterocycles. The van der Waals surface area contributed by atoms with Gasteiger partial charge in [0, 0.05) is 6.20 Å². The summed E-state index contributed by atoms with van der Waals surface area (Å²) in [5.74, 6) is 0.672. The van der Waals surface area contributed by atoms with E-state index in [0.29, 0.717) is 17.0 Å². The van der Waals surface area contributed by atoms with E-state index in [1.54, 1.807) is 58.3 Å². The standard InChI is InChI=1S/C17H22N2O3S/c1-12-11-15(13(2)10-14(12)22-5)23(20,21)19-17(3,4)16-8-6-7-9-18-16/h6-11,19H,1-5H3. The second-order valence-corrected chi connectivity index (χ2v) is 7.68. The van der Waals surface area contributed by atoms with Gasteiger partial charge in [-0.25, -0.2) is 8.42 Å².